The molecule has 0 fully saturated rings. The Labute approximate surface area is 173 Å². The molecule has 0 radical (unpaired) electrons. The third-order valence-electron chi connectivity index (χ3n) is 4.73. The number of carbonyl (C=O) groups is 1. The van der Waals surface area contributed by atoms with Gasteiger partial charge in [0.05, 0.1) is 11.3 Å². The number of amides is 1. The number of hydrogen-bond donors (Lipinski definition) is 1. The summed E-state index contributed by atoms with van der Waals surface area (Å²) in [5, 5.41) is 2.94. The van der Waals surface area contributed by atoms with Crippen LogP contribution in [-0.4, -0.2) is 10.9 Å². The van der Waals surface area contributed by atoms with Gasteiger partial charge in [-0.15, -0.1) is 0 Å². The number of nitrogens with one attached hydrogen (secondary N) is 1. The van der Waals surface area contributed by atoms with E-state index in [-0.39, 0.29) is 5.91 Å². The fourth-order valence-corrected chi connectivity index (χ4v) is 3.26. The number of anilines is 1. The number of para-hydroxylation sites is 1. The van der Waals surface area contributed by atoms with Crippen LogP contribution in [0.15, 0.2) is 60.7 Å². The maximum absolute atomic E-state index is 12.6. The van der Waals surface area contributed by atoms with Gasteiger partial charge < -0.3 is 10.1 Å². The van der Waals surface area contributed by atoms with Crippen molar-refractivity contribution >= 4 is 11.6 Å². The third-order valence-corrected chi connectivity index (χ3v) is 4.73. The maximum Gasteiger partial charge on any atom is 0.257 e. The van der Waals surface area contributed by atoms with Gasteiger partial charge in [0.25, 0.3) is 5.91 Å². The molecule has 4 nitrogen and oxygen atoms in total. The monoisotopic (exact) mass is 388 g/mol. The Hall–Kier alpha value is -3.14. The van der Waals surface area contributed by atoms with Gasteiger partial charge in [-0.25, -0.2) is 0 Å². The van der Waals surface area contributed by atoms with Crippen LogP contribution in [0.2, 0.25) is 0 Å². The third kappa shape index (κ3) is 5.44. The van der Waals surface area contributed by atoms with E-state index in [1.165, 1.54) is 5.56 Å². The van der Waals surface area contributed by atoms with Crippen molar-refractivity contribution in [3.63, 3.8) is 0 Å². The molecule has 0 saturated heterocycles. The number of rotatable bonds is 8. The first-order chi connectivity index (χ1) is 14.1. The Kier molecular flexibility index (Phi) is 7.01. The molecule has 0 aliphatic heterocycles. The summed E-state index contributed by atoms with van der Waals surface area (Å²) in [7, 11) is 0. The van der Waals surface area contributed by atoms with Gasteiger partial charge in [-0.2, -0.15) is 0 Å². The molecule has 0 atom stereocenters. The van der Waals surface area contributed by atoms with E-state index in [9.17, 15) is 4.79 Å². The predicted molar refractivity (Wildman–Crippen MR) is 118 cm³/mol. The number of hydrogen-bond acceptors (Lipinski definition) is 3. The lowest BCUT2D eigenvalue weighted by Crippen LogP contribution is -2.14. The van der Waals surface area contributed by atoms with Crippen molar-refractivity contribution in [2.75, 3.05) is 5.32 Å². The van der Waals surface area contributed by atoms with Gasteiger partial charge in [0, 0.05) is 11.4 Å². The van der Waals surface area contributed by atoms with E-state index in [1.807, 2.05) is 61.5 Å². The van der Waals surface area contributed by atoms with Gasteiger partial charge in [-0.05, 0) is 67.8 Å². The molecule has 3 rings (SSSR count). The van der Waals surface area contributed by atoms with Crippen LogP contribution in [0.4, 0.5) is 5.69 Å². The molecule has 4 heteroatoms. The first-order valence-corrected chi connectivity index (χ1v) is 10.2. The fraction of sp³-hybridized carbons (Fsp3) is 0.280. The topological polar surface area (TPSA) is 51.2 Å². The van der Waals surface area contributed by atoms with E-state index >= 15 is 0 Å². The number of pyridine rings is 1. The van der Waals surface area contributed by atoms with Gasteiger partial charge in [0.2, 0.25) is 0 Å². The molecule has 0 unspecified atom stereocenters. The number of nitrogens with zero attached hydrogens (tertiary/aromatic N) is 1. The highest BCUT2D eigenvalue weighted by Crippen LogP contribution is 2.27. The standard InChI is InChI=1S/C25H28N2O2/c1-4-8-19-10-6-7-11-24(19)29-22-15-12-21(13-16-22)27-25(28)23-17-14-20(9-5-2)26-18(23)3/h6-7,10-17H,4-5,8-9H2,1-3H3,(H,27,28). The van der Waals surface area contributed by atoms with Crippen molar-refractivity contribution < 1.29 is 9.53 Å². The molecule has 0 bridgehead atoms. The van der Waals surface area contributed by atoms with E-state index in [0.717, 1.165) is 54.3 Å². The molecule has 1 aromatic heterocycles. The highest BCUT2D eigenvalue weighted by atomic mass is 16.5. The van der Waals surface area contributed by atoms with Crippen LogP contribution < -0.4 is 10.1 Å². The first kappa shape index (κ1) is 20.6. The second kappa shape index (κ2) is 9.87. The van der Waals surface area contributed by atoms with Crippen molar-refractivity contribution in [1.29, 1.82) is 0 Å². The van der Waals surface area contributed by atoms with E-state index in [4.69, 9.17) is 4.74 Å². The van der Waals surface area contributed by atoms with Crippen LogP contribution in [0.5, 0.6) is 11.5 Å². The molecule has 1 heterocycles. The van der Waals surface area contributed by atoms with Crippen molar-refractivity contribution in [3.8, 4) is 11.5 Å². The SMILES string of the molecule is CCCc1ccc(C(=O)Nc2ccc(Oc3ccccc3CCC)cc2)c(C)n1. The highest BCUT2D eigenvalue weighted by Gasteiger charge is 2.11. The van der Waals surface area contributed by atoms with E-state index in [0.29, 0.717) is 5.56 Å². The summed E-state index contributed by atoms with van der Waals surface area (Å²) in [5.41, 5.74) is 4.29. The van der Waals surface area contributed by atoms with Crippen molar-refractivity contribution in [2.45, 2.75) is 46.5 Å². The second-order valence-corrected chi connectivity index (χ2v) is 7.12. The minimum absolute atomic E-state index is 0.153. The lowest BCUT2D eigenvalue weighted by molar-refractivity contribution is 0.102. The van der Waals surface area contributed by atoms with Gasteiger partial charge >= 0.3 is 0 Å². The van der Waals surface area contributed by atoms with Crippen molar-refractivity contribution in [3.05, 3.63) is 83.2 Å². The zero-order chi connectivity index (χ0) is 20.6. The van der Waals surface area contributed by atoms with E-state index in [2.05, 4.69) is 30.2 Å². The second-order valence-electron chi connectivity index (χ2n) is 7.12. The minimum atomic E-state index is -0.153. The molecular formula is C25H28N2O2. The summed E-state index contributed by atoms with van der Waals surface area (Å²) >= 11 is 0. The summed E-state index contributed by atoms with van der Waals surface area (Å²) in [6.07, 6.45) is 4.01. The zero-order valence-corrected chi connectivity index (χ0v) is 17.4. The summed E-state index contributed by atoms with van der Waals surface area (Å²) in [6.45, 7) is 6.15. The quantitative estimate of drug-likeness (QED) is 0.490. The van der Waals surface area contributed by atoms with Crippen LogP contribution in [0.3, 0.4) is 0 Å². The normalized spacial score (nSPS) is 10.6. The Morgan fingerprint density at radius 3 is 2.34 bits per heavy atom. The largest absolute Gasteiger partial charge is 0.457 e. The number of ether oxygens (including phenoxy) is 1. The molecule has 150 valence electrons. The maximum atomic E-state index is 12.6. The zero-order valence-electron chi connectivity index (χ0n) is 17.4. The summed E-state index contributed by atoms with van der Waals surface area (Å²) in [5.74, 6) is 1.47. The fourth-order valence-electron chi connectivity index (χ4n) is 3.26. The molecule has 1 N–H and O–H groups in total. The van der Waals surface area contributed by atoms with Crippen LogP contribution in [0.25, 0.3) is 0 Å². The van der Waals surface area contributed by atoms with Crippen LogP contribution in [-0.2, 0) is 12.8 Å². The lowest BCUT2D eigenvalue weighted by Gasteiger charge is -2.12. The van der Waals surface area contributed by atoms with Crippen molar-refractivity contribution in [1.82, 2.24) is 4.98 Å². The Morgan fingerprint density at radius 1 is 0.931 bits per heavy atom. The average Bonchev–Trinajstić information content (AvgIpc) is 2.71. The summed E-state index contributed by atoms with van der Waals surface area (Å²) in [6, 6.07) is 19.3. The number of aromatic nitrogens is 1. The molecule has 0 saturated carbocycles. The lowest BCUT2D eigenvalue weighted by atomic mass is 10.1. The van der Waals surface area contributed by atoms with Crippen LogP contribution >= 0.6 is 0 Å². The molecule has 29 heavy (non-hydrogen) atoms. The average molecular weight is 389 g/mol. The van der Waals surface area contributed by atoms with Gasteiger partial charge in [-0.1, -0.05) is 44.9 Å². The Balaban J connectivity index is 1.67. The smallest absolute Gasteiger partial charge is 0.257 e. The first-order valence-electron chi connectivity index (χ1n) is 10.2. The number of carbonyl (C=O) groups excluding carboxylic acids is 1. The Morgan fingerprint density at radius 2 is 1.66 bits per heavy atom. The van der Waals surface area contributed by atoms with Crippen molar-refractivity contribution in [2.24, 2.45) is 0 Å². The molecular weight excluding hydrogens is 360 g/mol. The van der Waals surface area contributed by atoms with E-state index < -0.39 is 0 Å². The molecule has 3 aromatic rings. The highest BCUT2D eigenvalue weighted by molar-refractivity contribution is 6.05. The Bertz CT molecular complexity index is 965. The molecule has 1 amide bonds. The van der Waals surface area contributed by atoms with Crippen LogP contribution in [0.1, 0.15) is 54.0 Å². The molecule has 0 aliphatic carbocycles. The number of benzene rings is 2. The number of aryl methyl sites for hydroxylation is 3. The minimum Gasteiger partial charge on any atom is -0.457 e. The van der Waals surface area contributed by atoms with E-state index in [1.54, 1.807) is 0 Å². The molecule has 0 aliphatic rings. The predicted octanol–water partition coefficient (Wildman–Crippen LogP) is 6.34. The molecule has 0 spiro atoms. The van der Waals surface area contributed by atoms with Gasteiger partial charge in [0.1, 0.15) is 11.5 Å². The van der Waals surface area contributed by atoms with Gasteiger partial charge in [0.15, 0.2) is 0 Å². The van der Waals surface area contributed by atoms with Gasteiger partial charge in [-0.3, -0.25) is 9.78 Å². The summed E-state index contributed by atoms with van der Waals surface area (Å²) < 4.78 is 6.04. The van der Waals surface area contributed by atoms with Crippen LogP contribution in [0, 0.1) is 6.92 Å². The molecule has 2 aromatic carbocycles. The summed E-state index contributed by atoms with van der Waals surface area (Å²) in [4.78, 5) is 17.1.